The molecule has 0 fully saturated rings. The number of halogens is 5. The summed E-state index contributed by atoms with van der Waals surface area (Å²) < 4.78 is 0.188. The molecule has 0 unspecified atom stereocenters. The first-order valence-corrected chi connectivity index (χ1v) is 6.40. The second-order valence-corrected chi connectivity index (χ2v) is 7.92. The van der Waals surface area contributed by atoms with Crippen LogP contribution in [-0.2, 0) is 0 Å². The maximum Gasteiger partial charge on any atom is 0.178 e. The summed E-state index contributed by atoms with van der Waals surface area (Å²) in [6.07, 6.45) is 0. The summed E-state index contributed by atoms with van der Waals surface area (Å²) in [7, 11) is 9.07. The summed E-state index contributed by atoms with van der Waals surface area (Å²) in [6.45, 7) is 0. The van der Waals surface area contributed by atoms with Crippen molar-refractivity contribution in [1.29, 1.82) is 0 Å². The molecule has 0 aromatic carbocycles. The molecule has 0 atom stereocenters. The van der Waals surface area contributed by atoms with Crippen LogP contribution < -0.4 is 0 Å². The number of hydrogen-bond acceptors (Lipinski definition) is 1. The van der Waals surface area contributed by atoms with E-state index in [-0.39, 0.29) is 65.4 Å². The van der Waals surface area contributed by atoms with Crippen LogP contribution in [0.1, 0.15) is 0 Å². The van der Waals surface area contributed by atoms with Gasteiger partial charge < -0.3 is 0 Å². The molecule has 8 heteroatoms. The molecule has 0 saturated carbocycles. The Labute approximate surface area is 132 Å². The van der Waals surface area contributed by atoms with Crippen LogP contribution in [0.25, 0.3) is 0 Å². The SMILES string of the molecule is ClC1=NC(Cl)=C(Cl)S1(Cl)Cl.[K]. The molecule has 0 aromatic rings. The predicted octanol–water partition coefficient (Wildman–Crippen LogP) is 3.93. The first-order valence-electron chi connectivity index (χ1n) is 1.98. The maximum atomic E-state index is 5.68. The zero-order valence-electron chi connectivity index (χ0n) is 5.25. The Morgan fingerprint density at radius 1 is 1.09 bits per heavy atom. The largest absolute Gasteiger partial charge is 0.214 e. The van der Waals surface area contributed by atoms with Crippen LogP contribution in [0, 0.1) is 0 Å². The van der Waals surface area contributed by atoms with Crippen molar-refractivity contribution in [3.63, 3.8) is 0 Å². The van der Waals surface area contributed by atoms with E-state index in [1.54, 1.807) is 0 Å². The molecule has 0 spiro atoms. The molecule has 0 amide bonds. The molecule has 1 aliphatic rings. The quantitative estimate of drug-likeness (QED) is 0.474. The molecule has 0 N–H and O–H groups in total. The van der Waals surface area contributed by atoms with E-state index in [1.165, 1.54) is 0 Å². The van der Waals surface area contributed by atoms with Crippen molar-refractivity contribution in [2.24, 2.45) is 4.99 Å². The maximum absolute atomic E-state index is 5.68. The minimum absolute atomic E-state index is 0. The normalized spacial score (nSPS) is 24.3. The first kappa shape index (κ1) is 13.8. The van der Waals surface area contributed by atoms with E-state index in [9.17, 15) is 0 Å². The molecule has 0 bridgehead atoms. The van der Waals surface area contributed by atoms with Crippen LogP contribution in [0.3, 0.4) is 0 Å². The number of nitrogens with zero attached hydrogens (tertiary/aromatic N) is 1. The van der Waals surface area contributed by atoms with E-state index in [0.717, 1.165) is 0 Å². The van der Waals surface area contributed by atoms with E-state index in [1.807, 2.05) is 0 Å². The number of hydrogen-bond donors (Lipinski definition) is 0. The zero-order valence-corrected chi connectivity index (χ0v) is 13.0. The van der Waals surface area contributed by atoms with Gasteiger partial charge in [0.15, 0.2) is 9.66 Å². The molecule has 1 radical (unpaired) electrons. The molecule has 0 aromatic heterocycles. The summed E-state index contributed by atoms with van der Waals surface area (Å²) in [5, 5.41) is 0.0756. The van der Waals surface area contributed by atoms with Gasteiger partial charge in [-0.25, -0.2) is 4.99 Å². The Bertz CT molecular complexity index is 236. The fraction of sp³-hybridized carbons (Fsp3) is 0. The second-order valence-electron chi connectivity index (χ2n) is 1.40. The van der Waals surface area contributed by atoms with Gasteiger partial charge in [-0.05, 0) is 21.4 Å². The smallest absolute Gasteiger partial charge is 0.178 e. The molecule has 0 saturated heterocycles. The van der Waals surface area contributed by atoms with Gasteiger partial charge in [0.1, 0.15) is 4.36 Å². The Balaban J connectivity index is 0.000001000. The summed E-state index contributed by atoms with van der Waals surface area (Å²) in [5.41, 5.74) is 0. The third-order valence-electron chi connectivity index (χ3n) is 0.785. The van der Waals surface area contributed by atoms with Gasteiger partial charge in [-0.2, -0.15) is 0 Å². The molecular weight excluding hydrogens is 298 g/mol. The zero-order chi connectivity index (χ0) is 7.94. The van der Waals surface area contributed by atoms with Crippen LogP contribution in [0.15, 0.2) is 14.5 Å². The molecule has 1 nitrogen and oxygen atoms in total. The van der Waals surface area contributed by atoms with Crippen LogP contribution in [0.4, 0.5) is 0 Å². The van der Waals surface area contributed by atoms with Gasteiger partial charge in [-0.1, -0.05) is 34.8 Å². The van der Waals surface area contributed by atoms with E-state index < -0.39 is 8.46 Å². The topological polar surface area (TPSA) is 12.4 Å². The molecule has 11 heavy (non-hydrogen) atoms. The van der Waals surface area contributed by atoms with Gasteiger partial charge in [0.05, 0.1) is 0 Å². The van der Waals surface area contributed by atoms with Gasteiger partial charge in [0, 0.05) is 59.8 Å². The van der Waals surface area contributed by atoms with Gasteiger partial charge in [-0.15, -0.1) is 0 Å². The van der Waals surface area contributed by atoms with Crippen molar-refractivity contribution in [2.45, 2.75) is 0 Å². The van der Waals surface area contributed by atoms with Crippen molar-refractivity contribution in [3.05, 3.63) is 9.52 Å². The minimum Gasteiger partial charge on any atom is -0.214 e. The molecule has 0 aliphatic carbocycles. The predicted molar refractivity (Wildman–Crippen MR) is 57.1 cm³/mol. The first-order chi connectivity index (χ1) is 4.46. The Morgan fingerprint density at radius 2 is 1.55 bits per heavy atom. The van der Waals surface area contributed by atoms with Crippen molar-refractivity contribution < 1.29 is 0 Å². The molecule has 1 rings (SSSR count). The molecular formula is C3Cl5KNS. The number of rotatable bonds is 0. The molecule has 1 heterocycles. The van der Waals surface area contributed by atoms with Crippen molar-refractivity contribution in [2.75, 3.05) is 0 Å². The standard InChI is InChI=1S/C3Cl5NS.K/c4-1-2(5)10(7,8)3(6)9-1;. The third kappa shape index (κ3) is 2.90. The van der Waals surface area contributed by atoms with Crippen molar-refractivity contribution in [1.82, 2.24) is 0 Å². The van der Waals surface area contributed by atoms with E-state index in [2.05, 4.69) is 4.99 Å². The summed E-state index contributed by atoms with van der Waals surface area (Å²) in [5.74, 6) is 0. The van der Waals surface area contributed by atoms with Gasteiger partial charge in [0.25, 0.3) is 0 Å². The fourth-order valence-corrected chi connectivity index (χ4v) is 3.07. The van der Waals surface area contributed by atoms with Crippen molar-refractivity contribution >= 4 is 121 Å². The third-order valence-corrected chi connectivity index (χ3v) is 6.83. The van der Waals surface area contributed by atoms with E-state index in [0.29, 0.717) is 0 Å². The Hall–Kier alpha value is 2.85. The van der Waals surface area contributed by atoms with Crippen LogP contribution in [-0.4, -0.2) is 55.9 Å². The van der Waals surface area contributed by atoms with E-state index in [4.69, 9.17) is 56.2 Å². The number of aliphatic imine (C=N–C) groups is 1. The summed E-state index contributed by atoms with van der Waals surface area (Å²) in [6, 6.07) is 0. The van der Waals surface area contributed by atoms with Gasteiger partial charge in [-0.3, -0.25) is 0 Å². The molecule has 1 aliphatic heterocycles. The van der Waals surface area contributed by atoms with Gasteiger partial charge in [0.2, 0.25) is 0 Å². The van der Waals surface area contributed by atoms with Crippen molar-refractivity contribution in [3.8, 4) is 0 Å². The summed E-state index contributed by atoms with van der Waals surface area (Å²) >= 11 is 16.5. The van der Waals surface area contributed by atoms with Crippen LogP contribution >= 0.6 is 64.6 Å². The molecule has 59 valence electrons. The Morgan fingerprint density at radius 3 is 1.64 bits per heavy atom. The van der Waals surface area contributed by atoms with Crippen LogP contribution in [0.5, 0.6) is 0 Å². The average Bonchev–Trinajstić information content (AvgIpc) is 1.97. The van der Waals surface area contributed by atoms with Gasteiger partial charge >= 0.3 is 0 Å². The second kappa shape index (κ2) is 5.08. The minimum atomic E-state index is -2.28. The average molecular weight is 298 g/mol. The summed E-state index contributed by atoms with van der Waals surface area (Å²) in [4.78, 5) is 3.59. The monoisotopic (exact) mass is 296 g/mol. The fourth-order valence-electron chi connectivity index (χ4n) is 0.358. The van der Waals surface area contributed by atoms with Crippen LogP contribution in [0.2, 0.25) is 0 Å². The Kier molecular flexibility index (Phi) is 6.39. The van der Waals surface area contributed by atoms with E-state index >= 15 is 0 Å².